The van der Waals surface area contributed by atoms with E-state index < -0.39 is 16.9 Å². The van der Waals surface area contributed by atoms with Crippen molar-refractivity contribution in [2.45, 2.75) is 6.42 Å². The van der Waals surface area contributed by atoms with Gasteiger partial charge in [0.2, 0.25) is 0 Å². The predicted molar refractivity (Wildman–Crippen MR) is 130 cm³/mol. The fourth-order valence-corrected chi connectivity index (χ4v) is 3.26. The number of amidine groups is 1. The molecule has 15 nitrogen and oxygen atoms in total. The SMILES string of the molecule is CN(CCC(N)=NO)C(=O)n1ccc(NC(=O)c2cc(N(C)C(=O)n3ccc([N+](=O)[O-])c3)cn2C)c1. The average molecular weight is 499 g/mol. The Morgan fingerprint density at radius 2 is 1.81 bits per heavy atom. The van der Waals surface area contributed by atoms with Crippen LogP contribution < -0.4 is 16.0 Å². The molecule has 3 aromatic heterocycles. The van der Waals surface area contributed by atoms with Crippen molar-refractivity contribution in [1.29, 1.82) is 0 Å². The number of carbonyl (C=O) groups is 3. The lowest BCUT2D eigenvalue weighted by atomic mass is 10.3. The summed E-state index contributed by atoms with van der Waals surface area (Å²) in [4.78, 5) is 50.9. The predicted octanol–water partition coefficient (Wildman–Crippen LogP) is 1.93. The van der Waals surface area contributed by atoms with Gasteiger partial charge in [-0.2, -0.15) is 0 Å². The van der Waals surface area contributed by atoms with E-state index in [9.17, 15) is 24.5 Å². The minimum atomic E-state index is -0.602. The molecule has 0 aliphatic rings. The van der Waals surface area contributed by atoms with Crippen molar-refractivity contribution in [3.05, 3.63) is 65.0 Å². The Hall–Kier alpha value is -5.08. The highest BCUT2D eigenvalue weighted by Gasteiger charge is 2.21. The smallest absolute Gasteiger partial charge is 0.332 e. The van der Waals surface area contributed by atoms with Crippen LogP contribution in [0.25, 0.3) is 0 Å². The third kappa shape index (κ3) is 5.52. The lowest BCUT2D eigenvalue weighted by Gasteiger charge is -2.16. The molecule has 15 heteroatoms. The summed E-state index contributed by atoms with van der Waals surface area (Å²) in [5, 5.41) is 25.0. The van der Waals surface area contributed by atoms with E-state index in [1.807, 2.05) is 0 Å². The molecule has 0 saturated heterocycles. The molecule has 0 radical (unpaired) electrons. The van der Waals surface area contributed by atoms with E-state index in [1.54, 1.807) is 26.4 Å². The van der Waals surface area contributed by atoms with Crippen LogP contribution in [0.1, 0.15) is 16.9 Å². The van der Waals surface area contributed by atoms with Crippen molar-refractivity contribution >= 4 is 40.9 Å². The number of aryl methyl sites for hydroxylation is 1. The van der Waals surface area contributed by atoms with Crippen molar-refractivity contribution in [2.75, 3.05) is 30.9 Å². The molecule has 0 aliphatic heterocycles. The summed E-state index contributed by atoms with van der Waals surface area (Å²) in [5.41, 5.74) is 6.20. The molecule has 0 aliphatic carbocycles. The summed E-state index contributed by atoms with van der Waals surface area (Å²) >= 11 is 0. The Morgan fingerprint density at radius 3 is 2.44 bits per heavy atom. The van der Waals surface area contributed by atoms with Crippen LogP contribution in [-0.2, 0) is 7.05 Å². The first-order chi connectivity index (χ1) is 17.0. The fourth-order valence-electron chi connectivity index (χ4n) is 3.26. The van der Waals surface area contributed by atoms with Crippen LogP contribution in [-0.4, -0.2) is 73.2 Å². The second-order valence-corrected chi connectivity index (χ2v) is 7.88. The zero-order chi connectivity index (χ0) is 26.6. The summed E-state index contributed by atoms with van der Waals surface area (Å²) in [5.74, 6) is -0.481. The molecule has 3 rings (SSSR count). The van der Waals surface area contributed by atoms with Gasteiger partial charge in [-0.05, 0) is 12.1 Å². The zero-order valence-corrected chi connectivity index (χ0v) is 19.7. The summed E-state index contributed by atoms with van der Waals surface area (Å²) < 4.78 is 3.88. The minimum Gasteiger partial charge on any atom is -0.409 e. The van der Waals surface area contributed by atoms with Gasteiger partial charge in [0.1, 0.15) is 11.5 Å². The maximum absolute atomic E-state index is 12.8. The Kier molecular flexibility index (Phi) is 7.42. The number of amides is 3. The summed E-state index contributed by atoms with van der Waals surface area (Å²) in [6.07, 6.45) is 7.07. The van der Waals surface area contributed by atoms with Crippen LogP contribution in [0.2, 0.25) is 0 Å². The molecule has 3 heterocycles. The first kappa shape index (κ1) is 25.5. The maximum Gasteiger partial charge on any atom is 0.332 e. The van der Waals surface area contributed by atoms with Gasteiger partial charge in [-0.3, -0.25) is 28.9 Å². The average Bonchev–Trinajstić information content (AvgIpc) is 3.60. The van der Waals surface area contributed by atoms with Crippen LogP contribution in [0.3, 0.4) is 0 Å². The van der Waals surface area contributed by atoms with Gasteiger partial charge in [-0.1, -0.05) is 5.16 Å². The van der Waals surface area contributed by atoms with Gasteiger partial charge in [0, 0.05) is 65.0 Å². The van der Waals surface area contributed by atoms with Crippen molar-refractivity contribution < 1.29 is 24.5 Å². The maximum atomic E-state index is 12.8. The molecule has 4 N–H and O–H groups in total. The van der Waals surface area contributed by atoms with Crippen LogP contribution in [0.4, 0.5) is 26.7 Å². The number of aromatic nitrogens is 3. The van der Waals surface area contributed by atoms with E-state index in [0.29, 0.717) is 11.4 Å². The number of rotatable bonds is 7. The van der Waals surface area contributed by atoms with Crippen LogP contribution in [0.5, 0.6) is 0 Å². The summed E-state index contributed by atoms with van der Waals surface area (Å²) in [6, 6.07) is 3.32. The number of oxime groups is 1. The Bertz CT molecular complexity index is 1340. The van der Waals surface area contributed by atoms with Crippen LogP contribution in [0.15, 0.2) is 54.3 Å². The molecule has 190 valence electrons. The standard InChI is InChI=1S/C21H25N9O6/c1-25(7-6-18(22)24-34)20(32)28-8-4-14(11-28)23-19(31)17-10-16(12-26(17)2)27(3)21(33)29-9-5-15(13-29)30(35)36/h4-5,8-13,34H,6-7H2,1-3H3,(H2,22,24)(H,23,31). The number of hydrogen-bond donors (Lipinski definition) is 3. The normalized spacial score (nSPS) is 11.2. The van der Waals surface area contributed by atoms with Crippen molar-refractivity contribution in [2.24, 2.45) is 17.9 Å². The third-order valence-corrected chi connectivity index (χ3v) is 5.34. The number of anilines is 2. The Morgan fingerprint density at radius 1 is 1.14 bits per heavy atom. The number of nitrogens with zero attached hydrogens (tertiary/aromatic N) is 7. The van der Waals surface area contributed by atoms with E-state index in [0.717, 1.165) is 10.8 Å². The molecular weight excluding hydrogens is 474 g/mol. The Balaban J connectivity index is 1.67. The van der Waals surface area contributed by atoms with Gasteiger partial charge in [0.15, 0.2) is 0 Å². The zero-order valence-electron chi connectivity index (χ0n) is 19.7. The number of nitrogens with one attached hydrogen (secondary N) is 1. The van der Waals surface area contributed by atoms with E-state index in [4.69, 9.17) is 10.9 Å². The van der Waals surface area contributed by atoms with Crippen molar-refractivity contribution in [1.82, 2.24) is 18.6 Å². The monoisotopic (exact) mass is 499 g/mol. The fraction of sp³-hybridized carbons (Fsp3) is 0.238. The molecule has 0 aromatic carbocycles. The summed E-state index contributed by atoms with van der Waals surface area (Å²) in [6.45, 7) is 0.226. The van der Waals surface area contributed by atoms with Crippen LogP contribution in [0, 0.1) is 10.1 Å². The minimum absolute atomic E-state index is 0.000867. The van der Waals surface area contributed by atoms with E-state index in [1.165, 1.54) is 56.7 Å². The first-order valence-corrected chi connectivity index (χ1v) is 10.5. The van der Waals surface area contributed by atoms with Gasteiger partial charge in [0.25, 0.3) is 11.6 Å². The van der Waals surface area contributed by atoms with Gasteiger partial charge >= 0.3 is 12.1 Å². The number of hydrogen-bond acceptors (Lipinski definition) is 7. The number of carbonyl (C=O) groups excluding carboxylic acids is 3. The van der Waals surface area contributed by atoms with Crippen LogP contribution >= 0.6 is 0 Å². The second kappa shape index (κ2) is 10.5. The van der Waals surface area contributed by atoms with Gasteiger partial charge in [0.05, 0.1) is 22.5 Å². The number of nitrogens with two attached hydrogens (primary N) is 1. The molecule has 36 heavy (non-hydrogen) atoms. The lowest BCUT2D eigenvalue weighted by molar-refractivity contribution is -0.384. The topological polar surface area (TPSA) is 186 Å². The lowest BCUT2D eigenvalue weighted by Crippen LogP contribution is -2.33. The molecule has 3 aromatic rings. The quantitative estimate of drug-likeness (QED) is 0.146. The number of nitro groups is 1. The molecule has 3 amide bonds. The third-order valence-electron chi connectivity index (χ3n) is 5.34. The first-order valence-electron chi connectivity index (χ1n) is 10.5. The molecule has 0 unspecified atom stereocenters. The molecule has 0 fully saturated rings. The summed E-state index contributed by atoms with van der Waals surface area (Å²) in [7, 11) is 4.66. The Labute approximate surface area is 204 Å². The van der Waals surface area contributed by atoms with E-state index in [-0.39, 0.29) is 36.2 Å². The highest BCUT2D eigenvalue weighted by atomic mass is 16.6. The van der Waals surface area contributed by atoms with Gasteiger partial charge in [-0.15, -0.1) is 0 Å². The van der Waals surface area contributed by atoms with Gasteiger partial charge in [-0.25, -0.2) is 9.59 Å². The molecule has 0 saturated carbocycles. The highest BCUT2D eigenvalue weighted by molar-refractivity contribution is 6.05. The molecular formula is C21H25N9O6. The molecule has 0 bridgehead atoms. The highest BCUT2D eigenvalue weighted by Crippen LogP contribution is 2.21. The second-order valence-electron chi connectivity index (χ2n) is 7.88. The van der Waals surface area contributed by atoms with Crippen molar-refractivity contribution in [3.63, 3.8) is 0 Å². The van der Waals surface area contributed by atoms with E-state index in [2.05, 4.69) is 10.5 Å². The molecule has 0 atom stereocenters. The molecule has 0 spiro atoms. The largest absolute Gasteiger partial charge is 0.409 e. The van der Waals surface area contributed by atoms with Gasteiger partial charge < -0.3 is 25.7 Å². The van der Waals surface area contributed by atoms with E-state index >= 15 is 0 Å². The van der Waals surface area contributed by atoms with Crippen molar-refractivity contribution in [3.8, 4) is 0 Å².